The van der Waals surface area contributed by atoms with Crippen molar-refractivity contribution in [3.63, 3.8) is 0 Å². The van der Waals surface area contributed by atoms with Crippen molar-refractivity contribution in [2.24, 2.45) is 11.8 Å². The molecule has 1 aliphatic heterocycles. The Hall–Kier alpha value is -3.80. The lowest BCUT2D eigenvalue weighted by Crippen LogP contribution is -2.30. The van der Waals surface area contributed by atoms with Gasteiger partial charge in [-0.25, -0.2) is 4.98 Å². The number of fused-ring (bicyclic) bond motifs is 1. The van der Waals surface area contributed by atoms with E-state index in [0.29, 0.717) is 11.8 Å². The molecule has 2 fully saturated rings. The van der Waals surface area contributed by atoms with E-state index in [1.807, 2.05) is 24.3 Å². The van der Waals surface area contributed by atoms with Crippen molar-refractivity contribution in [2.75, 3.05) is 20.2 Å². The lowest BCUT2D eigenvalue weighted by atomic mass is 10.0. The number of aromatic hydroxyl groups is 1. The zero-order valence-electron chi connectivity index (χ0n) is 19.9. The average Bonchev–Trinajstić information content (AvgIpc) is 3.53. The Labute approximate surface area is 204 Å². The third-order valence-corrected chi connectivity index (χ3v) is 7.24. The van der Waals surface area contributed by atoms with Crippen LogP contribution in [0.1, 0.15) is 19.3 Å². The third-order valence-electron chi connectivity index (χ3n) is 7.24. The summed E-state index contributed by atoms with van der Waals surface area (Å²) in [6.45, 7) is 2.47. The van der Waals surface area contributed by atoms with Crippen molar-refractivity contribution in [2.45, 2.75) is 25.8 Å². The maximum absolute atomic E-state index is 12.6. The molecule has 1 amide bonds. The number of benzene rings is 3. The minimum Gasteiger partial charge on any atom is -0.508 e. The molecule has 3 aromatic carbocycles. The van der Waals surface area contributed by atoms with E-state index in [9.17, 15) is 9.90 Å². The standard InChI is InChI=1S/C29H29N3O3/c1-35-25-11-12-26-27(16-25)32(18-19-13-14-31(17-19)29(34)22-9-10-22)28(30-26)21-7-5-20(6-8-21)23-3-2-4-24(33)15-23/h2-8,11-12,15-16,19,22,33H,9-10,13-14,17-18H2,1H3. The van der Waals surface area contributed by atoms with E-state index >= 15 is 0 Å². The maximum atomic E-state index is 12.6. The number of nitrogens with zero attached hydrogens (tertiary/aromatic N) is 3. The molecule has 6 nitrogen and oxygen atoms in total. The van der Waals surface area contributed by atoms with Crippen molar-refractivity contribution < 1.29 is 14.6 Å². The first-order valence-corrected chi connectivity index (χ1v) is 12.3. The van der Waals surface area contributed by atoms with Crippen molar-refractivity contribution in [3.05, 3.63) is 66.7 Å². The minimum absolute atomic E-state index is 0.257. The predicted octanol–water partition coefficient (Wildman–Crippen LogP) is 5.34. The summed E-state index contributed by atoms with van der Waals surface area (Å²) in [5.74, 6) is 2.99. The van der Waals surface area contributed by atoms with Gasteiger partial charge in [-0.05, 0) is 60.6 Å². The first-order chi connectivity index (χ1) is 17.1. The fourth-order valence-corrected chi connectivity index (χ4v) is 5.16. The van der Waals surface area contributed by atoms with Gasteiger partial charge < -0.3 is 19.3 Å². The zero-order chi connectivity index (χ0) is 23.9. The molecule has 0 spiro atoms. The van der Waals surface area contributed by atoms with Gasteiger partial charge in [0.2, 0.25) is 5.91 Å². The van der Waals surface area contributed by atoms with E-state index in [1.165, 1.54) is 0 Å². The Balaban J connectivity index is 1.34. The molecule has 1 atom stereocenters. The number of methoxy groups -OCH3 is 1. The lowest BCUT2D eigenvalue weighted by molar-refractivity contribution is -0.131. The lowest BCUT2D eigenvalue weighted by Gasteiger charge is -2.18. The van der Waals surface area contributed by atoms with E-state index < -0.39 is 0 Å². The summed E-state index contributed by atoms with van der Waals surface area (Å²) in [7, 11) is 1.68. The number of carbonyl (C=O) groups excluding carboxylic acids is 1. The van der Waals surface area contributed by atoms with Gasteiger partial charge in [0.05, 0.1) is 18.1 Å². The van der Waals surface area contributed by atoms with Gasteiger partial charge in [-0.15, -0.1) is 0 Å². The van der Waals surface area contributed by atoms with Gasteiger partial charge in [0.1, 0.15) is 17.3 Å². The Kier molecular flexibility index (Phi) is 5.44. The number of likely N-dealkylation sites (tertiary alicyclic amines) is 1. The summed E-state index contributed by atoms with van der Waals surface area (Å²) < 4.78 is 7.79. The van der Waals surface area contributed by atoms with E-state index in [0.717, 1.165) is 78.2 Å². The van der Waals surface area contributed by atoms with Crippen LogP contribution in [0.5, 0.6) is 11.5 Å². The first kappa shape index (κ1) is 21.7. The molecule has 1 unspecified atom stereocenters. The summed E-state index contributed by atoms with van der Waals surface area (Å²) in [4.78, 5) is 19.6. The number of phenolic OH excluding ortho intramolecular Hbond substituents is 1. The van der Waals surface area contributed by atoms with E-state index in [1.54, 1.807) is 19.2 Å². The van der Waals surface area contributed by atoms with Crippen LogP contribution >= 0.6 is 0 Å². The Morgan fingerprint density at radius 1 is 1.00 bits per heavy atom. The first-order valence-electron chi connectivity index (χ1n) is 12.3. The fraction of sp³-hybridized carbons (Fsp3) is 0.310. The molecule has 1 aliphatic carbocycles. The fourth-order valence-electron chi connectivity index (χ4n) is 5.16. The molecular weight excluding hydrogens is 438 g/mol. The van der Waals surface area contributed by atoms with Crippen LogP contribution in [0.4, 0.5) is 0 Å². The van der Waals surface area contributed by atoms with Crippen LogP contribution in [-0.2, 0) is 11.3 Å². The molecule has 2 aliphatic rings. The highest BCUT2D eigenvalue weighted by Crippen LogP contribution is 2.35. The summed E-state index contributed by atoms with van der Waals surface area (Å²) in [6.07, 6.45) is 3.11. The molecule has 1 aromatic heterocycles. The zero-order valence-corrected chi connectivity index (χ0v) is 19.9. The normalized spacial score (nSPS) is 17.7. The number of amides is 1. The van der Waals surface area contributed by atoms with E-state index in [4.69, 9.17) is 9.72 Å². The molecule has 6 rings (SSSR count). The smallest absolute Gasteiger partial charge is 0.225 e. The highest BCUT2D eigenvalue weighted by molar-refractivity contribution is 5.83. The molecule has 1 saturated heterocycles. The van der Waals surface area contributed by atoms with Gasteiger partial charge in [-0.2, -0.15) is 0 Å². The highest BCUT2D eigenvalue weighted by atomic mass is 16.5. The van der Waals surface area contributed by atoms with Crippen LogP contribution in [0.15, 0.2) is 66.7 Å². The van der Waals surface area contributed by atoms with Crippen molar-refractivity contribution in [1.82, 2.24) is 14.5 Å². The van der Waals surface area contributed by atoms with Gasteiger partial charge in [0, 0.05) is 37.2 Å². The number of hydrogen-bond donors (Lipinski definition) is 1. The topological polar surface area (TPSA) is 67.6 Å². The summed E-state index contributed by atoms with van der Waals surface area (Å²) >= 11 is 0. The minimum atomic E-state index is 0.257. The van der Waals surface area contributed by atoms with E-state index in [-0.39, 0.29) is 11.7 Å². The molecule has 4 aromatic rings. The van der Waals surface area contributed by atoms with Crippen LogP contribution in [0.3, 0.4) is 0 Å². The molecule has 6 heteroatoms. The van der Waals surface area contributed by atoms with Crippen molar-refractivity contribution >= 4 is 16.9 Å². The number of ether oxygens (including phenoxy) is 1. The van der Waals surface area contributed by atoms with Crippen LogP contribution in [0.2, 0.25) is 0 Å². The summed E-state index contributed by atoms with van der Waals surface area (Å²) in [6, 6.07) is 21.6. The molecular formula is C29H29N3O3. The molecule has 0 radical (unpaired) electrons. The second-order valence-electron chi connectivity index (χ2n) is 9.74. The maximum Gasteiger partial charge on any atom is 0.225 e. The molecule has 1 N–H and O–H groups in total. The van der Waals surface area contributed by atoms with Crippen molar-refractivity contribution in [1.29, 1.82) is 0 Å². The van der Waals surface area contributed by atoms with Gasteiger partial charge in [0.15, 0.2) is 0 Å². The predicted molar refractivity (Wildman–Crippen MR) is 136 cm³/mol. The average molecular weight is 468 g/mol. The quantitative estimate of drug-likeness (QED) is 0.416. The van der Waals surface area contributed by atoms with Crippen LogP contribution in [-0.4, -0.2) is 45.7 Å². The van der Waals surface area contributed by atoms with Gasteiger partial charge >= 0.3 is 0 Å². The molecule has 2 heterocycles. The molecule has 178 valence electrons. The summed E-state index contributed by atoms with van der Waals surface area (Å²) in [5.41, 5.74) is 5.03. The number of phenols is 1. The van der Waals surface area contributed by atoms with Crippen LogP contribution in [0.25, 0.3) is 33.5 Å². The number of hydrogen-bond acceptors (Lipinski definition) is 4. The van der Waals surface area contributed by atoms with Crippen LogP contribution in [0, 0.1) is 11.8 Å². The highest BCUT2D eigenvalue weighted by Gasteiger charge is 2.36. The SMILES string of the molecule is COc1ccc2nc(-c3ccc(-c4cccc(O)c4)cc3)n(CC3CCN(C(=O)C4CC4)C3)c2c1. The molecule has 0 bridgehead atoms. The largest absolute Gasteiger partial charge is 0.508 e. The number of rotatable bonds is 6. The molecule has 35 heavy (non-hydrogen) atoms. The van der Waals surface area contributed by atoms with Crippen LogP contribution < -0.4 is 4.74 Å². The number of carbonyl (C=O) groups is 1. The Morgan fingerprint density at radius 2 is 1.80 bits per heavy atom. The second-order valence-corrected chi connectivity index (χ2v) is 9.74. The second kappa shape index (κ2) is 8.77. The van der Waals surface area contributed by atoms with Gasteiger partial charge in [0.25, 0.3) is 0 Å². The van der Waals surface area contributed by atoms with Gasteiger partial charge in [-0.3, -0.25) is 4.79 Å². The third kappa shape index (κ3) is 4.25. The number of aromatic nitrogens is 2. The van der Waals surface area contributed by atoms with E-state index in [2.05, 4.69) is 39.8 Å². The Bertz CT molecular complexity index is 1390. The summed E-state index contributed by atoms with van der Waals surface area (Å²) in [5, 5.41) is 9.84. The Morgan fingerprint density at radius 3 is 2.54 bits per heavy atom. The van der Waals surface area contributed by atoms with Gasteiger partial charge in [-0.1, -0.05) is 36.4 Å². The number of imidazole rings is 1. The monoisotopic (exact) mass is 467 g/mol. The van der Waals surface area contributed by atoms with Crippen molar-refractivity contribution in [3.8, 4) is 34.0 Å². The molecule has 1 saturated carbocycles.